The summed E-state index contributed by atoms with van der Waals surface area (Å²) in [5.74, 6) is -4.07. The van der Waals surface area contributed by atoms with Crippen molar-refractivity contribution in [3.63, 3.8) is 0 Å². The van der Waals surface area contributed by atoms with E-state index >= 15 is 0 Å². The molecule has 108 valence electrons. The second-order valence-corrected chi connectivity index (χ2v) is 4.05. The van der Waals surface area contributed by atoms with Crippen molar-refractivity contribution in [3.8, 4) is 0 Å². The first-order valence-corrected chi connectivity index (χ1v) is 5.65. The van der Waals surface area contributed by atoms with Crippen molar-refractivity contribution >= 4 is 29.6 Å². The number of hydrogen-bond donors (Lipinski definition) is 3. The maximum absolute atomic E-state index is 11.6. The molecular formula is C11H13N3O6. The average Bonchev–Trinajstić information content (AvgIpc) is 2.65. The fourth-order valence-corrected chi connectivity index (χ4v) is 1.52. The van der Waals surface area contributed by atoms with Gasteiger partial charge >= 0.3 is 5.97 Å². The fourth-order valence-electron chi connectivity index (χ4n) is 1.52. The van der Waals surface area contributed by atoms with Gasteiger partial charge in [-0.05, 0) is 6.42 Å². The van der Waals surface area contributed by atoms with Gasteiger partial charge in [0.1, 0.15) is 12.6 Å². The fraction of sp³-hybridized carbons (Fsp3) is 0.364. The lowest BCUT2D eigenvalue weighted by atomic mass is 10.1. The number of amides is 4. The van der Waals surface area contributed by atoms with Crippen LogP contribution in [0.15, 0.2) is 12.2 Å². The highest BCUT2D eigenvalue weighted by Crippen LogP contribution is 2.03. The van der Waals surface area contributed by atoms with Crippen molar-refractivity contribution in [2.24, 2.45) is 5.73 Å². The monoisotopic (exact) mass is 283 g/mol. The zero-order chi connectivity index (χ0) is 15.3. The zero-order valence-corrected chi connectivity index (χ0v) is 10.4. The molecule has 0 aromatic heterocycles. The van der Waals surface area contributed by atoms with Gasteiger partial charge in [-0.3, -0.25) is 28.9 Å². The maximum Gasteiger partial charge on any atom is 0.303 e. The van der Waals surface area contributed by atoms with E-state index in [9.17, 15) is 24.0 Å². The number of aliphatic carboxylic acids is 1. The predicted octanol–water partition coefficient (Wildman–Crippen LogP) is -2.25. The third kappa shape index (κ3) is 4.19. The minimum Gasteiger partial charge on any atom is -0.481 e. The number of carboxylic acid groups (broad SMARTS) is 1. The molecule has 9 nitrogen and oxygen atoms in total. The lowest BCUT2D eigenvalue weighted by molar-refractivity contribution is -0.141. The first-order valence-electron chi connectivity index (χ1n) is 5.65. The Morgan fingerprint density at radius 2 is 1.80 bits per heavy atom. The molecule has 0 radical (unpaired) electrons. The number of imide groups is 1. The molecule has 20 heavy (non-hydrogen) atoms. The van der Waals surface area contributed by atoms with Crippen molar-refractivity contribution in [2.75, 3.05) is 6.54 Å². The molecule has 0 aromatic rings. The average molecular weight is 283 g/mol. The summed E-state index contributed by atoms with van der Waals surface area (Å²) in [6.07, 6.45) is 1.52. The first-order chi connectivity index (χ1) is 9.31. The summed E-state index contributed by atoms with van der Waals surface area (Å²) in [7, 11) is 0. The molecule has 0 aromatic carbocycles. The molecular weight excluding hydrogens is 270 g/mol. The van der Waals surface area contributed by atoms with Crippen molar-refractivity contribution < 1.29 is 29.1 Å². The second-order valence-electron chi connectivity index (χ2n) is 4.05. The van der Waals surface area contributed by atoms with Gasteiger partial charge in [-0.2, -0.15) is 0 Å². The standard InChI is InChI=1S/C11H13N3O6/c12-11(20)6(1-4-10(18)19)13-7(15)5-14-8(16)2-3-9(14)17/h2-3,6H,1,4-5H2,(H2,12,20)(H,13,15)(H,18,19)/t6-/m1/s1. The number of carboxylic acids is 1. The van der Waals surface area contributed by atoms with E-state index in [1.807, 2.05) is 0 Å². The van der Waals surface area contributed by atoms with Crippen LogP contribution >= 0.6 is 0 Å². The molecule has 0 spiro atoms. The largest absolute Gasteiger partial charge is 0.481 e. The Morgan fingerprint density at radius 3 is 2.25 bits per heavy atom. The van der Waals surface area contributed by atoms with Gasteiger partial charge in [0.2, 0.25) is 11.8 Å². The Hall–Kier alpha value is -2.71. The van der Waals surface area contributed by atoms with E-state index < -0.39 is 42.2 Å². The van der Waals surface area contributed by atoms with Crippen LogP contribution in [0.4, 0.5) is 0 Å². The second kappa shape index (κ2) is 6.45. The van der Waals surface area contributed by atoms with Crippen LogP contribution < -0.4 is 11.1 Å². The molecule has 1 aliphatic rings. The third-order valence-corrected chi connectivity index (χ3v) is 2.53. The van der Waals surface area contributed by atoms with Crippen LogP contribution in [0.1, 0.15) is 12.8 Å². The summed E-state index contributed by atoms with van der Waals surface area (Å²) in [4.78, 5) is 56.2. The van der Waals surface area contributed by atoms with Gasteiger partial charge in [0.15, 0.2) is 0 Å². The highest BCUT2D eigenvalue weighted by Gasteiger charge is 2.27. The molecule has 0 saturated carbocycles. The molecule has 4 amide bonds. The Morgan fingerprint density at radius 1 is 1.25 bits per heavy atom. The van der Waals surface area contributed by atoms with Crippen LogP contribution in [0, 0.1) is 0 Å². The molecule has 0 aliphatic carbocycles. The van der Waals surface area contributed by atoms with E-state index in [0.717, 1.165) is 12.2 Å². The van der Waals surface area contributed by atoms with Crippen molar-refractivity contribution in [2.45, 2.75) is 18.9 Å². The highest BCUT2D eigenvalue weighted by molar-refractivity contribution is 6.14. The molecule has 4 N–H and O–H groups in total. The summed E-state index contributed by atoms with van der Waals surface area (Å²) < 4.78 is 0. The number of primary amides is 1. The zero-order valence-electron chi connectivity index (χ0n) is 10.4. The Bertz CT molecular complexity index is 480. The normalized spacial score (nSPS) is 15.3. The van der Waals surface area contributed by atoms with Gasteiger partial charge in [0.05, 0.1) is 0 Å². The van der Waals surface area contributed by atoms with Gasteiger partial charge < -0.3 is 16.2 Å². The number of nitrogens with one attached hydrogen (secondary N) is 1. The Kier molecular flexibility index (Phi) is 4.95. The van der Waals surface area contributed by atoms with Gasteiger partial charge in [-0.25, -0.2) is 0 Å². The highest BCUT2D eigenvalue weighted by atomic mass is 16.4. The van der Waals surface area contributed by atoms with Crippen molar-refractivity contribution in [1.82, 2.24) is 10.2 Å². The molecule has 1 aliphatic heterocycles. The molecule has 0 bridgehead atoms. The number of carbonyl (C=O) groups is 5. The minimum absolute atomic E-state index is 0.170. The van der Waals surface area contributed by atoms with Crippen molar-refractivity contribution in [1.29, 1.82) is 0 Å². The van der Waals surface area contributed by atoms with E-state index in [4.69, 9.17) is 10.8 Å². The van der Waals surface area contributed by atoms with Crippen molar-refractivity contribution in [3.05, 3.63) is 12.2 Å². The van der Waals surface area contributed by atoms with Crippen LogP contribution in [0.25, 0.3) is 0 Å². The molecule has 1 heterocycles. The molecule has 9 heteroatoms. The van der Waals surface area contributed by atoms with Crippen LogP contribution in [0.5, 0.6) is 0 Å². The summed E-state index contributed by atoms with van der Waals surface area (Å²) in [5, 5.41) is 10.7. The summed E-state index contributed by atoms with van der Waals surface area (Å²) in [5.41, 5.74) is 5.03. The molecule has 0 fully saturated rings. The van der Waals surface area contributed by atoms with Gasteiger partial charge in [0, 0.05) is 18.6 Å². The van der Waals surface area contributed by atoms with E-state index in [-0.39, 0.29) is 12.8 Å². The molecule has 0 saturated heterocycles. The van der Waals surface area contributed by atoms with Crippen LogP contribution in [0.2, 0.25) is 0 Å². The van der Waals surface area contributed by atoms with E-state index in [1.54, 1.807) is 0 Å². The van der Waals surface area contributed by atoms with E-state index in [0.29, 0.717) is 4.90 Å². The number of nitrogens with two attached hydrogens (primary N) is 1. The van der Waals surface area contributed by atoms with Gasteiger partial charge in [-0.15, -0.1) is 0 Å². The Labute approximate surface area is 113 Å². The van der Waals surface area contributed by atoms with E-state index in [1.165, 1.54) is 0 Å². The molecule has 1 atom stereocenters. The molecule has 0 unspecified atom stereocenters. The number of rotatable bonds is 7. The topological polar surface area (TPSA) is 147 Å². The number of hydrogen-bond acceptors (Lipinski definition) is 5. The summed E-state index contributed by atoms with van der Waals surface area (Å²) in [6.45, 7) is -0.554. The first kappa shape index (κ1) is 15.3. The van der Waals surface area contributed by atoms with Crippen LogP contribution in [-0.2, 0) is 24.0 Å². The van der Waals surface area contributed by atoms with E-state index in [2.05, 4.69) is 5.32 Å². The van der Waals surface area contributed by atoms with Crippen LogP contribution in [0.3, 0.4) is 0 Å². The summed E-state index contributed by atoms with van der Waals surface area (Å²) >= 11 is 0. The maximum atomic E-state index is 11.6. The lowest BCUT2D eigenvalue weighted by Gasteiger charge is -2.17. The third-order valence-electron chi connectivity index (χ3n) is 2.53. The lowest BCUT2D eigenvalue weighted by Crippen LogP contribution is -2.49. The van der Waals surface area contributed by atoms with Gasteiger partial charge in [-0.1, -0.05) is 0 Å². The predicted molar refractivity (Wildman–Crippen MR) is 63.9 cm³/mol. The quantitative estimate of drug-likeness (QED) is 0.449. The molecule has 1 rings (SSSR count). The SMILES string of the molecule is NC(=O)[C@@H](CCC(=O)O)NC(=O)CN1C(=O)C=CC1=O. The number of carbonyl (C=O) groups excluding carboxylic acids is 4. The number of nitrogens with zero attached hydrogens (tertiary/aromatic N) is 1. The van der Waals surface area contributed by atoms with Gasteiger partial charge in [0.25, 0.3) is 11.8 Å². The Balaban J connectivity index is 2.54. The van der Waals surface area contributed by atoms with Crippen LogP contribution in [-0.4, -0.2) is 52.2 Å². The minimum atomic E-state index is -1.17. The smallest absolute Gasteiger partial charge is 0.303 e. The summed E-state index contributed by atoms with van der Waals surface area (Å²) in [6, 6.07) is -1.17.